The first kappa shape index (κ1) is 31.2. The summed E-state index contributed by atoms with van der Waals surface area (Å²) in [5, 5.41) is 7.99. The SMILES string of the molecule is CCCCOC(=O)c1cc(Oc2nc(Oc3cccc(C4=NCCN4C)c3)nc3c2nc(C)n3Cc2ccccc2)ccc1C(=N)N. The number of amidine groups is 2. The van der Waals surface area contributed by atoms with Crippen LogP contribution in [0.2, 0.25) is 0 Å². The zero-order valence-corrected chi connectivity index (χ0v) is 26.6. The molecule has 0 fully saturated rings. The third-order valence-corrected chi connectivity index (χ3v) is 7.72. The van der Waals surface area contributed by atoms with Crippen molar-refractivity contribution in [1.29, 1.82) is 5.41 Å². The number of hydrogen-bond donors (Lipinski definition) is 2. The molecule has 3 aromatic carbocycles. The van der Waals surface area contributed by atoms with Crippen LogP contribution < -0.4 is 15.2 Å². The summed E-state index contributed by atoms with van der Waals surface area (Å²) in [5.41, 5.74) is 9.09. The highest BCUT2D eigenvalue weighted by molar-refractivity contribution is 6.06. The van der Waals surface area contributed by atoms with Crippen molar-refractivity contribution in [3.8, 4) is 23.4 Å². The lowest BCUT2D eigenvalue weighted by Gasteiger charge is -2.15. The second-order valence-corrected chi connectivity index (χ2v) is 11.2. The van der Waals surface area contributed by atoms with E-state index in [0.717, 1.165) is 42.9 Å². The van der Waals surface area contributed by atoms with Crippen molar-refractivity contribution in [3.63, 3.8) is 0 Å². The standard InChI is InChI=1S/C35H36N8O4/c1-4-5-18-45-34(44)28-20-26(14-15-27(28)30(36)37)46-33-29-32(43(22(2)39-29)21-23-10-7-6-8-11-23)40-35(41-33)47-25-13-9-12-24(19-25)31-38-16-17-42(31)3/h6-15,19-20H,4-5,16-18,21H2,1-3H3,(H3,36,37). The van der Waals surface area contributed by atoms with Gasteiger partial charge in [0.1, 0.15) is 29.0 Å². The summed E-state index contributed by atoms with van der Waals surface area (Å²) in [6, 6.07) is 22.3. The molecule has 0 bridgehead atoms. The van der Waals surface area contributed by atoms with E-state index in [2.05, 4.69) is 14.9 Å². The Bertz CT molecular complexity index is 1970. The number of carbonyl (C=O) groups excluding carboxylic acids is 1. The van der Waals surface area contributed by atoms with E-state index in [9.17, 15) is 4.79 Å². The van der Waals surface area contributed by atoms with E-state index in [4.69, 9.17) is 35.3 Å². The maximum Gasteiger partial charge on any atom is 0.339 e. The summed E-state index contributed by atoms with van der Waals surface area (Å²) in [5.74, 6) is 1.70. The van der Waals surface area contributed by atoms with Gasteiger partial charge in [0.15, 0.2) is 11.2 Å². The Hall–Kier alpha value is -5.78. The number of carbonyl (C=O) groups is 1. The van der Waals surface area contributed by atoms with E-state index in [0.29, 0.717) is 29.3 Å². The normalized spacial score (nSPS) is 12.7. The molecule has 3 N–H and O–H groups in total. The van der Waals surface area contributed by atoms with Gasteiger partial charge in [-0.05, 0) is 49.2 Å². The van der Waals surface area contributed by atoms with Crippen LogP contribution in [0.25, 0.3) is 11.2 Å². The van der Waals surface area contributed by atoms with E-state index >= 15 is 0 Å². The van der Waals surface area contributed by atoms with Crippen LogP contribution in [0, 0.1) is 12.3 Å². The third-order valence-electron chi connectivity index (χ3n) is 7.72. The summed E-state index contributed by atoms with van der Waals surface area (Å²) in [7, 11) is 2.01. The number of benzene rings is 3. The van der Waals surface area contributed by atoms with Crippen LogP contribution in [0.3, 0.4) is 0 Å². The molecule has 0 saturated heterocycles. The van der Waals surface area contributed by atoms with Crippen molar-refractivity contribution in [3.05, 3.63) is 101 Å². The molecule has 6 rings (SSSR count). The number of fused-ring (bicyclic) bond motifs is 1. The molecule has 5 aromatic rings. The largest absolute Gasteiger partial charge is 0.462 e. The first-order chi connectivity index (χ1) is 22.8. The molecule has 0 radical (unpaired) electrons. The minimum absolute atomic E-state index is 0.0557. The van der Waals surface area contributed by atoms with Crippen LogP contribution in [-0.4, -0.2) is 68.8 Å². The second kappa shape index (κ2) is 13.7. The molecule has 2 aromatic heterocycles. The molecule has 0 atom stereocenters. The molecule has 1 aliphatic rings. The quantitative estimate of drug-likeness (QED) is 0.0763. The van der Waals surface area contributed by atoms with Crippen molar-refractivity contribution in [2.75, 3.05) is 26.7 Å². The minimum Gasteiger partial charge on any atom is -0.462 e. The highest BCUT2D eigenvalue weighted by Gasteiger charge is 2.22. The highest BCUT2D eigenvalue weighted by Crippen LogP contribution is 2.33. The van der Waals surface area contributed by atoms with Gasteiger partial charge >= 0.3 is 12.0 Å². The van der Waals surface area contributed by atoms with E-state index in [1.165, 1.54) is 6.07 Å². The Morgan fingerprint density at radius 3 is 2.51 bits per heavy atom. The summed E-state index contributed by atoms with van der Waals surface area (Å²) in [4.78, 5) is 33.9. The molecule has 0 amide bonds. The van der Waals surface area contributed by atoms with Gasteiger partial charge in [-0.2, -0.15) is 9.97 Å². The Morgan fingerprint density at radius 1 is 0.957 bits per heavy atom. The summed E-state index contributed by atoms with van der Waals surface area (Å²) < 4.78 is 20.0. The van der Waals surface area contributed by atoms with E-state index in [1.807, 2.05) is 80.1 Å². The van der Waals surface area contributed by atoms with Gasteiger partial charge in [0.2, 0.25) is 0 Å². The highest BCUT2D eigenvalue weighted by atomic mass is 16.5. The number of nitrogens with two attached hydrogens (primary N) is 1. The number of ether oxygens (including phenoxy) is 3. The third kappa shape index (κ3) is 6.91. The summed E-state index contributed by atoms with van der Waals surface area (Å²) >= 11 is 0. The van der Waals surface area contributed by atoms with Gasteiger partial charge < -0.3 is 29.4 Å². The molecule has 47 heavy (non-hydrogen) atoms. The second-order valence-electron chi connectivity index (χ2n) is 11.2. The number of imidazole rings is 1. The van der Waals surface area contributed by atoms with Crippen LogP contribution in [0.1, 0.15) is 52.6 Å². The zero-order valence-electron chi connectivity index (χ0n) is 26.6. The average molecular weight is 633 g/mol. The van der Waals surface area contributed by atoms with Gasteiger partial charge in [0.05, 0.1) is 25.3 Å². The Labute approximate surface area is 272 Å². The number of nitrogen functional groups attached to an aromatic ring is 1. The fourth-order valence-electron chi connectivity index (χ4n) is 5.27. The minimum atomic E-state index is -0.591. The van der Waals surface area contributed by atoms with Crippen molar-refractivity contribution in [1.82, 2.24) is 24.4 Å². The smallest absolute Gasteiger partial charge is 0.339 e. The lowest BCUT2D eigenvalue weighted by atomic mass is 10.1. The number of unbranched alkanes of at least 4 members (excludes halogenated alkanes) is 1. The van der Waals surface area contributed by atoms with Crippen LogP contribution in [-0.2, 0) is 11.3 Å². The first-order valence-corrected chi connectivity index (χ1v) is 15.5. The molecule has 1 aliphatic heterocycles. The van der Waals surface area contributed by atoms with Crippen LogP contribution in [0.5, 0.6) is 23.4 Å². The molecular weight excluding hydrogens is 596 g/mol. The molecule has 0 aliphatic carbocycles. The first-order valence-electron chi connectivity index (χ1n) is 15.5. The summed E-state index contributed by atoms with van der Waals surface area (Å²) in [6.45, 7) is 6.27. The fourth-order valence-corrected chi connectivity index (χ4v) is 5.27. The van der Waals surface area contributed by atoms with Crippen LogP contribution in [0.4, 0.5) is 0 Å². The number of esters is 1. The van der Waals surface area contributed by atoms with Gasteiger partial charge in [0, 0.05) is 24.7 Å². The van der Waals surface area contributed by atoms with Crippen molar-refractivity contribution in [2.45, 2.75) is 33.2 Å². The number of hydrogen-bond acceptors (Lipinski definition) is 10. The molecular formula is C35H36N8O4. The lowest BCUT2D eigenvalue weighted by Crippen LogP contribution is -2.23. The molecule has 12 heteroatoms. The van der Waals surface area contributed by atoms with E-state index in [-0.39, 0.29) is 41.2 Å². The number of rotatable bonds is 12. The molecule has 0 spiro atoms. The van der Waals surface area contributed by atoms with Gasteiger partial charge in [-0.3, -0.25) is 10.4 Å². The number of nitrogens with zero attached hydrogens (tertiary/aromatic N) is 6. The van der Waals surface area contributed by atoms with Crippen LogP contribution >= 0.6 is 0 Å². The number of nitrogens with one attached hydrogen (secondary N) is 1. The number of aliphatic imine (C=N–C) groups is 1. The van der Waals surface area contributed by atoms with Crippen molar-refractivity contribution >= 4 is 28.8 Å². The van der Waals surface area contributed by atoms with E-state index < -0.39 is 5.97 Å². The monoisotopic (exact) mass is 632 g/mol. The number of aryl methyl sites for hydroxylation is 1. The van der Waals surface area contributed by atoms with Gasteiger partial charge in [-0.15, -0.1) is 0 Å². The summed E-state index contributed by atoms with van der Waals surface area (Å²) in [6.07, 6.45) is 1.59. The van der Waals surface area contributed by atoms with Gasteiger partial charge in [-0.1, -0.05) is 55.8 Å². The zero-order chi connectivity index (χ0) is 32.9. The predicted molar refractivity (Wildman–Crippen MR) is 179 cm³/mol. The molecule has 240 valence electrons. The topological polar surface area (TPSA) is 154 Å². The molecule has 3 heterocycles. The van der Waals surface area contributed by atoms with Crippen molar-refractivity contribution < 1.29 is 19.0 Å². The molecule has 0 saturated carbocycles. The maximum absolute atomic E-state index is 13.0. The van der Waals surface area contributed by atoms with E-state index in [1.54, 1.807) is 12.1 Å². The Balaban J connectivity index is 1.40. The van der Waals surface area contributed by atoms with Crippen molar-refractivity contribution in [2.24, 2.45) is 10.7 Å². The number of aromatic nitrogens is 4. The van der Waals surface area contributed by atoms with Gasteiger partial charge in [-0.25, -0.2) is 9.78 Å². The average Bonchev–Trinajstić information content (AvgIpc) is 3.64. The van der Waals surface area contributed by atoms with Gasteiger partial charge in [0.25, 0.3) is 5.88 Å². The Morgan fingerprint density at radius 2 is 1.77 bits per heavy atom. The fraction of sp³-hybridized carbons (Fsp3) is 0.257. The molecule has 12 nitrogen and oxygen atoms in total. The lowest BCUT2D eigenvalue weighted by molar-refractivity contribution is 0.0499. The Kier molecular flexibility index (Phi) is 9.09. The molecule has 0 unspecified atom stereocenters. The number of likely N-dealkylation sites (N-methyl/N-ethyl adjacent to an activating group) is 1. The van der Waals surface area contributed by atoms with Crippen LogP contribution in [0.15, 0.2) is 77.8 Å². The maximum atomic E-state index is 13.0. The predicted octanol–water partition coefficient (Wildman–Crippen LogP) is 5.70.